The highest BCUT2D eigenvalue weighted by atomic mass is 16.5. The van der Waals surface area contributed by atoms with Crippen molar-refractivity contribution in [2.45, 2.75) is 44.3 Å². The molecule has 1 N–H and O–H groups in total. The van der Waals surface area contributed by atoms with Crippen LogP contribution in [0.2, 0.25) is 0 Å². The van der Waals surface area contributed by atoms with Crippen molar-refractivity contribution in [1.82, 2.24) is 9.97 Å². The lowest BCUT2D eigenvalue weighted by Crippen LogP contribution is -2.42. The van der Waals surface area contributed by atoms with Gasteiger partial charge in [-0.1, -0.05) is 6.92 Å². The molecule has 1 aromatic heterocycles. The van der Waals surface area contributed by atoms with Crippen molar-refractivity contribution in [1.29, 1.82) is 0 Å². The van der Waals surface area contributed by atoms with E-state index in [1.54, 1.807) is 25.7 Å². The Bertz CT molecular complexity index is 348. The molecule has 1 aliphatic carbocycles. The third-order valence-electron chi connectivity index (χ3n) is 3.89. The predicted octanol–water partition coefficient (Wildman–Crippen LogP) is 2.11. The molecule has 1 heterocycles. The first-order chi connectivity index (χ1) is 8.18. The summed E-state index contributed by atoms with van der Waals surface area (Å²) in [7, 11) is 1.68. The van der Waals surface area contributed by atoms with E-state index in [0.717, 1.165) is 25.7 Å². The third-order valence-corrected chi connectivity index (χ3v) is 3.89. The molecule has 2 rings (SSSR count). The third kappa shape index (κ3) is 2.48. The molecule has 0 aromatic carbocycles. The van der Waals surface area contributed by atoms with Crippen molar-refractivity contribution in [3.63, 3.8) is 0 Å². The topological polar surface area (TPSA) is 55.2 Å². The number of aliphatic hydroxyl groups excluding tert-OH is 1. The molecule has 1 unspecified atom stereocenters. The first kappa shape index (κ1) is 12.5. The molecule has 0 saturated heterocycles. The highest BCUT2D eigenvalue weighted by molar-refractivity contribution is 5.08. The van der Waals surface area contributed by atoms with Crippen LogP contribution < -0.4 is 0 Å². The number of aromatic nitrogens is 2. The molecule has 0 radical (unpaired) electrons. The van der Waals surface area contributed by atoms with Gasteiger partial charge in [0.1, 0.15) is 6.10 Å². The molecule has 4 nitrogen and oxygen atoms in total. The van der Waals surface area contributed by atoms with Gasteiger partial charge >= 0.3 is 0 Å². The molecule has 0 spiro atoms. The quantitative estimate of drug-likeness (QED) is 0.873. The number of aliphatic hydroxyl groups is 1. The Morgan fingerprint density at radius 3 is 2.65 bits per heavy atom. The van der Waals surface area contributed by atoms with Crippen LogP contribution >= 0.6 is 0 Å². The molecule has 1 aliphatic rings. The average Bonchev–Trinajstić information content (AvgIpc) is 2.40. The van der Waals surface area contributed by atoms with Gasteiger partial charge in [0.15, 0.2) is 0 Å². The predicted molar refractivity (Wildman–Crippen MR) is 64.4 cm³/mol. The Kier molecular flexibility index (Phi) is 3.74. The molecular formula is C13H20N2O2. The number of hydrogen-bond donors (Lipinski definition) is 1. The van der Waals surface area contributed by atoms with Crippen LogP contribution in [0, 0.1) is 5.92 Å². The molecule has 0 amide bonds. The molecule has 1 saturated carbocycles. The van der Waals surface area contributed by atoms with Gasteiger partial charge in [-0.15, -0.1) is 0 Å². The number of hydrogen-bond acceptors (Lipinski definition) is 4. The average molecular weight is 236 g/mol. The monoisotopic (exact) mass is 236 g/mol. The Morgan fingerprint density at radius 1 is 1.41 bits per heavy atom. The molecule has 17 heavy (non-hydrogen) atoms. The Balaban J connectivity index is 2.18. The van der Waals surface area contributed by atoms with Crippen LogP contribution in [-0.2, 0) is 4.74 Å². The van der Waals surface area contributed by atoms with Crippen molar-refractivity contribution in [3.8, 4) is 0 Å². The van der Waals surface area contributed by atoms with Crippen LogP contribution in [0.4, 0.5) is 0 Å². The number of methoxy groups -OCH3 is 1. The minimum absolute atomic E-state index is 0.484. The second-order valence-electron chi connectivity index (χ2n) is 4.98. The minimum Gasteiger partial charge on any atom is -0.384 e. The summed E-state index contributed by atoms with van der Waals surface area (Å²) in [6, 6.07) is 0. The fraction of sp³-hybridized carbons (Fsp3) is 0.692. The lowest BCUT2D eigenvalue weighted by Gasteiger charge is -2.41. The first-order valence-electron chi connectivity index (χ1n) is 6.17. The maximum Gasteiger partial charge on any atom is 0.126 e. The van der Waals surface area contributed by atoms with Gasteiger partial charge in [-0.05, 0) is 31.6 Å². The van der Waals surface area contributed by atoms with Crippen LogP contribution in [0.25, 0.3) is 0 Å². The van der Waals surface area contributed by atoms with Crippen LogP contribution in [0.5, 0.6) is 0 Å². The Labute approximate surface area is 102 Å². The van der Waals surface area contributed by atoms with E-state index in [0.29, 0.717) is 11.6 Å². The van der Waals surface area contributed by atoms with E-state index in [-0.39, 0.29) is 0 Å². The van der Waals surface area contributed by atoms with E-state index in [4.69, 9.17) is 4.74 Å². The zero-order valence-electron chi connectivity index (χ0n) is 10.5. The van der Waals surface area contributed by atoms with E-state index in [1.807, 2.05) is 0 Å². The van der Waals surface area contributed by atoms with Gasteiger partial charge in [-0.3, -0.25) is 9.97 Å². The molecule has 0 aliphatic heterocycles. The van der Waals surface area contributed by atoms with E-state index >= 15 is 0 Å². The van der Waals surface area contributed by atoms with Crippen molar-refractivity contribution >= 4 is 0 Å². The zero-order chi connectivity index (χ0) is 12.3. The molecule has 94 valence electrons. The van der Waals surface area contributed by atoms with E-state index in [1.165, 1.54) is 0 Å². The Morgan fingerprint density at radius 2 is 2.12 bits per heavy atom. The summed E-state index contributed by atoms with van der Waals surface area (Å²) in [6.45, 7) is 2.24. The van der Waals surface area contributed by atoms with Crippen LogP contribution in [-0.4, -0.2) is 27.8 Å². The van der Waals surface area contributed by atoms with Gasteiger partial charge < -0.3 is 9.84 Å². The lowest BCUT2D eigenvalue weighted by molar-refractivity contribution is -0.131. The molecule has 1 fully saturated rings. The van der Waals surface area contributed by atoms with E-state index < -0.39 is 11.7 Å². The second kappa shape index (κ2) is 5.10. The summed E-state index contributed by atoms with van der Waals surface area (Å²) in [5.74, 6) is 0.715. The maximum atomic E-state index is 10.5. The fourth-order valence-corrected chi connectivity index (χ4v) is 2.56. The summed E-state index contributed by atoms with van der Waals surface area (Å²) in [5, 5.41) is 10.5. The highest BCUT2D eigenvalue weighted by Gasteiger charge is 2.42. The molecule has 4 heteroatoms. The minimum atomic E-state index is -0.686. The summed E-state index contributed by atoms with van der Waals surface area (Å²) in [4.78, 5) is 8.18. The lowest BCUT2D eigenvalue weighted by atomic mass is 9.75. The van der Waals surface area contributed by atoms with Crippen molar-refractivity contribution in [3.05, 3.63) is 24.3 Å². The van der Waals surface area contributed by atoms with Crippen molar-refractivity contribution in [2.24, 2.45) is 5.92 Å². The van der Waals surface area contributed by atoms with Gasteiger partial charge in [-0.2, -0.15) is 0 Å². The molecular weight excluding hydrogens is 216 g/mol. The normalized spacial score (nSPS) is 31.1. The standard InChI is InChI=1S/C13H20N2O2/c1-10-3-5-13(17-2,6-4-10)12(16)11-9-14-7-8-15-11/h7-10,12,16H,3-6H2,1-2H3. The van der Waals surface area contributed by atoms with Crippen LogP contribution in [0.3, 0.4) is 0 Å². The fourth-order valence-electron chi connectivity index (χ4n) is 2.56. The summed E-state index contributed by atoms with van der Waals surface area (Å²) < 4.78 is 5.63. The molecule has 0 bridgehead atoms. The van der Waals surface area contributed by atoms with Crippen LogP contribution in [0.15, 0.2) is 18.6 Å². The smallest absolute Gasteiger partial charge is 0.126 e. The highest BCUT2D eigenvalue weighted by Crippen LogP contribution is 2.42. The van der Waals surface area contributed by atoms with Gasteiger partial charge in [-0.25, -0.2) is 0 Å². The maximum absolute atomic E-state index is 10.5. The first-order valence-corrected chi connectivity index (χ1v) is 6.17. The van der Waals surface area contributed by atoms with E-state index in [9.17, 15) is 5.11 Å². The zero-order valence-corrected chi connectivity index (χ0v) is 10.5. The largest absolute Gasteiger partial charge is 0.384 e. The summed E-state index contributed by atoms with van der Waals surface area (Å²) in [6.07, 6.45) is 8.07. The van der Waals surface area contributed by atoms with Gasteiger partial charge in [0.05, 0.1) is 17.5 Å². The SMILES string of the molecule is COC1(C(O)c2cnccn2)CCC(C)CC1. The number of nitrogens with zero attached hydrogens (tertiary/aromatic N) is 2. The summed E-state index contributed by atoms with van der Waals surface area (Å²) >= 11 is 0. The van der Waals surface area contributed by atoms with E-state index in [2.05, 4.69) is 16.9 Å². The molecule has 1 atom stereocenters. The van der Waals surface area contributed by atoms with Crippen molar-refractivity contribution < 1.29 is 9.84 Å². The van der Waals surface area contributed by atoms with Crippen LogP contribution in [0.1, 0.15) is 44.4 Å². The second-order valence-corrected chi connectivity index (χ2v) is 4.98. The number of rotatable bonds is 3. The van der Waals surface area contributed by atoms with Gasteiger partial charge in [0, 0.05) is 19.5 Å². The number of ether oxygens (including phenoxy) is 1. The summed E-state index contributed by atoms with van der Waals surface area (Å²) in [5.41, 5.74) is 0.117. The van der Waals surface area contributed by atoms with Crippen molar-refractivity contribution in [2.75, 3.05) is 7.11 Å². The van der Waals surface area contributed by atoms with Gasteiger partial charge in [0.2, 0.25) is 0 Å². The Hall–Kier alpha value is -1.00. The van der Waals surface area contributed by atoms with Gasteiger partial charge in [0.25, 0.3) is 0 Å². The molecule has 1 aromatic rings.